The summed E-state index contributed by atoms with van der Waals surface area (Å²) in [5.41, 5.74) is -0.0453. The molecule has 0 spiro atoms. The molecule has 1 atom stereocenters. The fourth-order valence-electron chi connectivity index (χ4n) is 1.69. The number of hydrogen-bond donors (Lipinski definition) is 2. The van der Waals surface area contributed by atoms with Crippen LogP contribution in [-0.4, -0.2) is 44.3 Å². The molecule has 0 heterocycles. The molecule has 1 unspecified atom stereocenters. The van der Waals surface area contributed by atoms with Crippen LogP contribution in [0.5, 0.6) is 11.5 Å². The van der Waals surface area contributed by atoms with Gasteiger partial charge in [-0.2, -0.15) is 8.78 Å². The molecule has 0 aliphatic rings. The number of ether oxygens (including phenoxy) is 3. The Morgan fingerprint density at radius 1 is 1.20 bits per heavy atom. The Labute approximate surface area is 142 Å². The first kappa shape index (κ1) is 20.1. The second-order valence-electron chi connectivity index (χ2n) is 4.64. The molecular formula is C15H18F2N2O6. The quantitative estimate of drug-likeness (QED) is 0.718. The molecule has 1 aromatic rings. The fourth-order valence-corrected chi connectivity index (χ4v) is 1.69. The van der Waals surface area contributed by atoms with Crippen molar-refractivity contribution in [3.05, 3.63) is 23.8 Å². The Morgan fingerprint density at radius 2 is 1.88 bits per heavy atom. The maximum Gasteiger partial charge on any atom is 0.387 e. The normalized spacial score (nSPS) is 11.4. The van der Waals surface area contributed by atoms with Crippen LogP contribution < -0.4 is 20.1 Å². The molecule has 0 radical (unpaired) electrons. The van der Waals surface area contributed by atoms with E-state index in [1.165, 1.54) is 20.1 Å². The standard InChI is InChI=1S/C15H18F2N2O6/c1-4-18-15(22)19-12(20)8(2)24-13(21)9-5-6-10(25-14(16)17)11(7-9)23-3/h5-8,14H,4H2,1-3H3,(H2,18,19,20,22). The number of nitrogens with one attached hydrogen (secondary N) is 2. The van der Waals surface area contributed by atoms with Crippen molar-refractivity contribution in [3.8, 4) is 11.5 Å². The highest BCUT2D eigenvalue weighted by molar-refractivity contribution is 5.98. The number of benzene rings is 1. The molecule has 0 saturated carbocycles. The second kappa shape index (κ2) is 9.40. The van der Waals surface area contributed by atoms with Gasteiger partial charge in [-0.1, -0.05) is 0 Å². The SMILES string of the molecule is CCNC(=O)NC(=O)C(C)OC(=O)c1ccc(OC(F)F)c(OC)c1. The van der Waals surface area contributed by atoms with E-state index in [-0.39, 0.29) is 17.1 Å². The molecule has 1 aromatic carbocycles. The van der Waals surface area contributed by atoms with Crippen LogP contribution >= 0.6 is 0 Å². The van der Waals surface area contributed by atoms with Gasteiger partial charge in [0.1, 0.15) is 0 Å². The molecule has 8 nitrogen and oxygen atoms in total. The summed E-state index contributed by atoms with van der Waals surface area (Å²) in [6.07, 6.45) is -1.25. The largest absolute Gasteiger partial charge is 0.493 e. The minimum Gasteiger partial charge on any atom is -0.493 e. The van der Waals surface area contributed by atoms with Crippen LogP contribution in [0.25, 0.3) is 0 Å². The van der Waals surface area contributed by atoms with Gasteiger partial charge >= 0.3 is 18.6 Å². The average Bonchev–Trinajstić information content (AvgIpc) is 2.54. The Bertz CT molecular complexity index is 638. The van der Waals surface area contributed by atoms with E-state index >= 15 is 0 Å². The van der Waals surface area contributed by atoms with Gasteiger partial charge in [-0.05, 0) is 32.0 Å². The summed E-state index contributed by atoms with van der Waals surface area (Å²) >= 11 is 0. The van der Waals surface area contributed by atoms with E-state index in [0.29, 0.717) is 6.54 Å². The molecule has 25 heavy (non-hydrogen) atoms. The van der Waals surface area contributed by atoms with Gasteiger partial charge in [0.15, 0.2) is 17.6 Å². The van der Waals surface area contributed by atoms with Crippen molar-refractivity contribution in [1.82, 2.24) is 10.6 Å². The van der Waals surface area contributed by atoms with Gasteiger partial charge in [0.05, 0.1) is 12.7 Å². The number of alkyl halides is 2. The van der Waals surface area contributed by atoms with Crippen molar-refractivity contribution in [3.63, 3.8) is 0 Å². The molecule has 0 aliphatic heterocycles. The van der Waals surface area contributed by atoms with Crippen molar-refractivity contribution < 1.29 is 37.4 Å². The topological polar surface area (TPSA) is 103 Å². The number of hydrogen-bond acceptors (Lipinski definition) is 6. The van der Waals surface area contributed by atoms with E-state index in [4.69, 9.17) is 9.47 Å². The number of methoxy groups -OCH3 is 1. The zero-order chi connectivity index (χ0) is 19.0. The number of urea groups is 1. The van der Waals surface area contributed by atoms with E-state index < -0.39 is 30.6 Å². The minimum atomic E-state index is -3.05. The van der Waals surface area contributed by atoms with Gasteiger partial charge in [0, 0.05) is 6.54 Å². The molecule has 0 aliphatic carbocycles. The highest BCUT2D eigenvalue weighted by Gasteiger charge is 2.22. The molecule has 3 amide bonds. The van der Waals surface area contributed by atoms with Crippen LogP contribution in [0.15, 0.2) is 18.2 Å². The Hall–Kier alpha value is -2.91. The highest BCUT2D eigenvalue weighted by Crippen LogP contribution is 2.29. The number of imide groups is 1. The maximum absolute atomic E-state index is 12.3. The molecular weight excluding hydrogens is 342 g/mol. The first-order chi connectivity index (χ1) is 11.8. The molecule has 2 N–H and O–H groups in total. The van der Waals surface area contributed by atoms with Crippen LogP contribution in [0.3, 0.4) is 0 Å². The van der Waals surface area contributed by atoms with E-state index in [1.807, 2.05) is 5.32 Å². The highest BCUT2D eigenvalue weighted by atomic mass is 19.3. The third-order valence-corrected chi connectivity index (χ3v) is 2.84. The average molecular weight is 360 g/mol. The van der Waals surface area contributed by atoms with Crippen molar-refractivity contribution >= 4 is 17.9 Å². The van der Waals surface area contributed by atoms with Crippen molar-refractivity contribution in [2.45, 2.75) is 26.6 Å². The summed E-state index contributed by atoms with van der Waals surface area (Å²) in [4.78, 5) is 35.0. The lowest BCUT2D eigenvalue weighted by molar-refractivity contribution is -0.127. The van der Waals surface area contributed by atoms with Crippen molar-refractivity contribution in [1.29, 1.82) is 0 Å². The number of amides is 3. The monoisotopic (exact) mass is 360 g/mol. The molecule has 0 bridgehead atoms. The Balaban J connectivity index is 2.76. The lowest BCUT2D eigenvalue weighted by atomic mass is 10.2. The first-order valence-electron chi connectivity index (χ1n) is 7.21. The summed E-state index contributed by atoms with van der Waals surface area (Å²) in [6.45, 7) is 0.213. The van der Waals surface area contributed by atoms with Crippen molar-refractivity contribution in [2.75, 3.05) is 13.7 Å². The predicted molar refractivity (Wildman–Crippen MR) is 81.7 cm³/mol. The minimum absolute atomic E-state index is 0.0453. The van der Waals surface area contributed by atoms with Crippen LogP contribution in [0, 0.1) is 0 Å². The number of carbonyl (C=O) groups excluding carboxylic acids is 3. The van der Waals surface area contributed by atoms with Crippen LogP contribution in [0.4, 0.5) is 13.6 Å². The van der Waals surface area contributed by atoms with Gasteiger partial charge in [-0.15, -0.1) is 0 Å². The molecule has 138 valence electrons. The maximum atomic E-state index is 12.3. The number of halogens is 2. The van der Waals surface area contributed by atoms with Crippen LogP contribution in [0.1, 0.15) is 24.2 Å². The summed E-state index contributed by atoms with van der Waals surface area (Å²) in [5.74, 6) is -2.07. The summed E-state index contributed by atoms with van der Waals surface area (Å²) < 4.78 is 38.6. The Morgan fingerprint density at radius 3 is 2.44 bits per heavy atom. The van der Waals surface area contributed by atoms with Gasteiger partial charge < -0.3 is 19.5 Å². The van der Waals surface area contributed by atoms with E-state index in [0.717, 1.165) is 12.1 Å². The number of rotatable bonds is 7. The second-order valence-corrected chi connectivity index (χ2v) is 4.64. The predicted octanol–water partition coefficient (Wildman–Crippen LogP) is 1.69. The molecule has 0 aromatic heterocycles. The van der Waals surface area contributed by atoms with Crippen molar-refractivity contribution in [2.24, 2.45) is 0 Å². The van der Waals surface area contributed by atoms with Crippen LogP contribution in [-0.2, 0) is 9.53 Å². The Kier molecular flexibility index (Phi) is 7.57. The molecule has 0 fully saturated rings. The lowest BCUT2D eigenvalue weighted by Crippen LogP contribution is -2.44. The van der Waals surface area contributed by atoms with Gasteiger partial charge in [-0.3, -0.25) is 10.1 Å². The first-order valence-corrected chi connectivity index (χ1v) is 7.21. The lowest BCUT2D eigenvalue weighted by Gasteiger charge is -2.14. The van der Waals surface area contributed by atoms with Gasteiger partial charge in [-0.25, -0.2) is 9.59 Å². The molecule has 0 saturated heterocycles. The number of esters is 1. The van der Waals surface area contributed by atoms with E-state index in [1.54, 1.807) is 6.92 Å². The molecule has 10 heteroatoms. The smallest absolute Gasteiger partial charge is 0.387 e. The fraction of sp³-hybridized carbons (Fsp3) is 0.400. The molecule has 1 rings (SSSR count). The third kappa shape index (κ3) is 6.24. The van der Waals surface area contributed by atoms with Gasteiger partial charge in [0.2, 0.25) is 0 Å². The zero-order valence-corrected chi connectivity index (χ0v) is 13.8. The number of carbonyl (C=O) groups is 3. The zero-order valence-electron chi connectivity index (χ0n) is 13.8. The van der Waals surface area contributed by atoms with Crippen LogP contribution in [0.2, 0.25) is 0 Å². The summed E-state index contributed by atoms with van der Waals surface area (Å²) in [5, 5.41) is 4.35. The third-order valence-electron chi connectivity index (χ3n) is 2.84. The van der Waals surface area contributed by atoms with Gasteiger partial charge in [0.25, 0.3) is 5.91 Å². The summed E-state index contributed by atoms with van der Waals surface area (Å²) in [6, 6.07) is 2.71. The van der Waals surface area contributed by atoms with E-state index in [9.17, 15) is 23.2 Å². The van der Waals surface area contributed by atoms with E-state index in [2.05, 4.69) is 10.1 Å². The summed E-state index contributed by atoms with van der Waals surface area (Å²) in [7, 11) is 1.21.